The van der Waals surface area contributed by atoms with Gasteiger partial charge < -0.3 is 5.11 Å². The number of sulfonamides is 1. The van der Waals surface area contributed by atoms with E-state index in [1.165, 1.54) is 0 Å². The van der Waals surface area contributed by atoms with Crippen LogP contribution in [0.3, 0.4) is 0 Å². The number of rotatable bonds is 6. The second-order valence-corrected chi connectivity index (χ2v) is 4.99. The van der Waals surface area contributed by atoms with Gasteiger partial charge in [-0.1, -0.05) is 6.92 Å². The average Bonchev–Trinajstić information content (AvgIpc) is 1.95. The summed E-state index contributed by atoms with van der Waals surface area (Å²) in [7, 11) is -3.16. The molecule has 0 saturated heterocycles. The van der Waals surface area contributed by atoms with E-state index in [-0.39, 0.29) is 12.3 Å². The van der Waals surface area contributed by atoms with Gasteiger partial charge in [0.05, 0.1) is 6.26 Å². The Morgan fingerprint density at radius 3 is 2.46 bits per heavy atom. The van der Waals surface area contributed by atoms with Gasteiger partial charge in [0.1, 0.15) is 0 Å². The molecular formula is C7H15NO4S. The van der Waals surface area contributed by atoms with Gasteiger partial charge in [0.2, 0.25) is 10.0 Å². The van der Waals surface area contributed by atoms with Crippen molar-refractivity contribution in [3.05, 3.63) is 0 Å². The van der Waals surface area contributed by atoms with Crippen LogP contribution in [0.15, 0.2) is 0 Å². The molecule has 2 N–H and O–H groups in total. The minimum Gasteiger partial charge on any atom is -0.481 e. The van der Waals surface area contributed by atoms with E-state index in [1.807, 2.05) is 0 Å². The first-order valence-corrected chi connectivity index (χ1v) is 5.87. The summed E-state index contributed by atoms with van der Waals surface area (Å²) in [5.41, 5.74) is 0. The van der Waals surface area contributed by atoms with Gasteiger partial charge in [-0.15, -0.1) is 0 Å². The Morgan fingerprint density at radius 2 is 2.08 bits per heavy atom. The molecule has 0 bridgehead atoms. The van der Waals surface area contributed by atoms with E-state index in [2.05, 4.69) is 4.72 Å². The number of carbonyl (C=O) groups is 1. The predicted octanol–water partition coefficient (Wildman–Crippen LogP) is 0.0365. The molecule has 0 aliphatic rings. The monoisotopic (exact) mass is 209 g/mol. The summed E-state index contributed by atoms with van der Waals surface area (Å²) in [4.78, 5) is 10.2. The molecule has 1 unspecified atom stereocenters. The van der Waals surface area contributed by atoms with E-state index < -0.39 is 16.0 Å². The molecule has 0 aromatic carbocycles. The van der Waals surface area contributed by atoms with Crippen molar-refractivity contribution in [2.24, 2.45) is 5.92 Å². The first kappa shape index (κ1) is 12.4. The molecule has 0 aromatic heterocycles. The third kappa shape index (κ3) is 9.29. The number of aliphatic carboxylic acids is 1. The Kier molecular flexibility index (Phi) is 4.94. The molecule has 0 heterocycles. The molecule has 0 amide bonds. The standard InChI is InChI=1S/C7H15NO4S/c1-6(3-4-7(9)10)5-8-13(2,11)12/h6,8H,3-5H2,1-2H3,(H,9,10). The van der Waals surface area contributed by atoms with Crippen molar-refractivity contribution in [1.82, 2.24) is 4.72 Å². The lowest BCUT2D eigenvalue weighted by molar-refractivity contribution is -0.137. The van der Waals surface area contributed by atoms with Gasteiger partial charge in [0.25, 0.3) is 0 Å². The minimum absolute atomic E-state index is 0.0471. The fourth-order valence-electron chi connectivity index (χ4n) is 0.766. The zero-order valence-corrected chi connectivity index (χ0v) is 8.60. The topological polar surface area (TPSA) is 83.5 Å². The molecule has 0 spiro atoms. The van der Waals surface area contributed by atoms with E-state index >= 15 is 0 Å². The largest absolute Gasteiger partial charge is 0.481 e. The lowest BCUT2D eigenvalue weighted by atomic mass is 10.1. The number of carboxylic acids is 1. The van der Waals surface area contributed by atoms with Crippen LogP contribution in [0.1, 0.15) is 19.8 Å². The smallest absolute Gasteiger partial charge is 0.303 e. The summed E-state index contributed by atoms with van der Waals surface area (Å²) >= 11 is 0. The highest BCUT2D eigenvalue weighted by atomic mass is 32.2. The molecule has 5 nitrogen and oxygen atoms in total. The first-order chi connectivity index (χ1) is 5.81. The van der Waals surface area contributed by atoms with E-state index in [0.717, 1.165) is 6.26 Å². The number of nitrogens with one attached hydrogen (secondary N) is 1. The molecular weight excluding hydrogens is 194 g/mol. The molecule has 1 atom stereocenters. The zero-order valence-electron chi connectivity index (χ0n) is 7.78. The second kappa shape index (κ2) is 5.18. The van der Waals surface area contributed by atoms with E-state index in [1.54, 1.807) is 6.92 Å². The number of hydrogen-bond donors (Lipinski definition) is 2. The lowest BCUT2D eigenvalue weighted by Crippen LogP contribution is -2.27. The van der Waals surface area contributed by atoms with E-state index in [4.69, 9.17) is 5.11 Å². The molecule has 0 aliphatic heterocycles. The summed E-state index contributed by atoms with van der Waals surface area (Å²) in [5.74, 6) is -0.808. The molecule has 0 rings (SSSR count). The van der Waals surface area contributed by atoms with Gasteiger partial charge in [0, 0.05) is 13.0 Å². The Hall–Kier alpha value is -0.620. The van der Waals surface area contributed by atoms with E-state index in [0.29, 0.717) is 13.0 Å². The van der Waals surface area contributed by atoms with Crippen molar-refractivity contribution in [3.8, 4) is 0 Å². The SMILES string of the molecule is CC(CCC(=O)O)CNS(C)(=O)=O. The first-order valence-electron chi connectivity index (χ1n) is 3.97. The highest BCUT2D eigenvalue weighted by Crippen LogP contribution is 2.03. The van der Waals surface area contributed by atoms with E-state index in [9.17, 15) is 13.2 Å². The number of carboxylic acid groups (broad SMARTS) is 1. The van der Waals surface area contributed by atoms with Crippen LogP contribution >= 0.6 is 0 Å². The van der Waals surface area contributed by atoms with Crippen LogP contribution in [0.25, 0.3) is 0 Å². The number of hydrogen-bond acceptors (Lipinski definition) is 3. The summed E-state index contributed by atoms with van der Waals surface area (Å²) in [6.45, 7) is 2.10. The van der Waals surface area contributed by atoms with Crippen molar-refractivity contribution >= 4 is 16.0 Å². The van der Waals surface area contributed by atoms with Gasteiger partial charge in [0.15, 0.2) is 0 Å². The average molecular weight is 209 g/mol. The molecule has 0 fully saturated rings. The van der Waals surface area contributed by atoms with Gasteiger partial charge in [-0.3, -0.25) is 4.79 Å². The van der Waals surface area contributed by atoms with Crippen molar-refractivity contribution in [2.75, 3.05) is 12.8 Å². The summed E-state index contributed by atoms with van der Waals surface area (Å²) in [5, 5.41) is 8.35. The fourth-order valence-corrected chi connectivity index (χ4v) is 1.35. The molecule has 0 aromatic rings. The summed E-state index contributed by atoms with van der Waals surface area (Å²) < 4.78 is 23.6. The maximum Gasteiger partial charge on any atom is 0.303 e. The third-order valence-corrected chi connectivity index (χ3v) is 2.24. The zero-order chi connectivity index (χ0) is 10.5. The van der Waals surface area contributed by atoms with Crippen LogP contribution in [0, 0.1) is 5.92 Å². The Balaban J connectivity index is 3.64. The molecule has 0 radical (unpaired) electrons. The Labute approximate surface area is 78.2 Å². The molecule has 13 heavy (non-hydrogen) atoms. The van der Waals surface area contributed by atoms with Crippen LogP contribution in [0.5, 0.6) is 0 Å². The molecule has 6 heteroatoms. The van der Waals surface area contributed by atoms with Gasteiger partial charge in [-0.05, 0) is 12.3 Å². The lowest BCUT2D eigenvalue weighted by Gasteiger charge is -2.09. The summed E-state index contributed by atoms with van der Waals surface area (Å²) in [6.07, 6.45) is 1.64. The molecule has 78 valence electrons. The van der Waals surface area contributed by atoms with Crippen molar-refractivity contribution < 1.29 is 18.3 Å². The molecule has 0 saturated carbocycles. The van der Waals surface area contributed by atoms with Crippen LogP contribution in [0.2, 0.25) is 0 Å². The fraction of sp³-hybridized carbons (Fsp3) is 0.857. The maximum absolute atomic E-state index is 10.6. The minimum atomic E-state index is -3.16. The van der Waals surface area contributed by atoms with Crippen LogP contribution in [-0.2, 0) is 14.8 Å². The van der Waals surface area contributed by atoms with Gasteiger partial charge in [-0.25, -0.2) is 13.1 Å². The second-order valence-electron chi connectivity index (χ2n) is 3.16. The highest BCUT2D eigenvalue weighted by Gasteiger charge is 2.07. The van der Waals surface area contributed by atoms with Crippen LogP contribution in [-0.4, -0.2) is 32.3 Å². The normalized spacial score (nSPS) is 14.0. The molecule has 0 aliphatic carbocycles. The van der Waals surface area contributed by atoms with Crippen molar-refractivity contribution in [2.45, 2.75) is 19.8 Å². The van der Waals surface area contributed by atoms with Crippen LogP contribution in [0.4, 0.5) is 0 Å². The predicted molar refractivity (Wildman–Crippen MR) is 48.9 cm³/mol. The van der Waals surface area contributed by atoms with Crippen LogP contribution < -0.4 is 4.72 Å². The third-order valence-electron chi connectivity index (χ3n) is 1.54. The Morgan fingerprint density at radius 1 is 1.54 bits per heavy atom. The highest BCUT2D eigenvalue weighted by molar-refractivity contribution is 7.88. The Bertz CT molecular complexity index is 260. The van der Waals surface area contributed by atoms with Crippen molar-refractivity contribution in [1.29, 1.82) is 0 Å². The van der Waals surface area contributed by atoms with Crippen molar-refractivity contribution in [3.63, 3.8) is 0 Å². The maximum atomic E-state index is 10.6. The quantitative estimate of drug-likeness (QED) is 0.646. The summed E-state index contributed by atoms with van der Waals surface area (Å²) in [6, 6.07) is 0. The van der Waals surface area contributed by atoms with Gasteiger partial charge in [-0.2, -0.15) is 0 Å². The van der Waals surface area contributed by atoms with Gasteiger partial charge >= 0.3 is 5.97 Å².